The standard InChI is InChI=1S/C16H21NO4/c1-11-5-2-3-7-13(11)14(10-16(19)20)17-15(18)9-12-6-4-8-21-12/h2-3,5,7,12,14H,4,6,8-10H2,1H3,(H,17,18)(H,19,20). The van der Waals surface area contributed by atoms with Gasteiger partial charge in [-0.25, -0.2) is 0 Å². The molecule has 21 heavy (non-hydrogen) atoms. The summed E-state index contributed by atoms with van der Waals surface area (Å²) >= 11 is 0. The van der Waals surface area contributed by atoms with Gasteiger partial charge in [-0.05, 0) is 30.9 Å². The molecule has 1 heterocycles. The first-order valence-corrected chi connectivity index (χ1v) is 7.24. The fourth-order valence-electron chi connectivity index (χ4n) is 2.66. The van der Waals surface area contributed by atoms with Gasteiger partial charge in [0.15, 0.2) is 0 Å². The van der Waals surface area contributed by atoms with Crippen LogP contribution in [0, 0.1) is 6.92 Å². The number of hydrogen-bond acceptors (Lipinski definition) is 3. The first kappa shape index (κ1) is 15.5. The maximum absolute atomic E-state index is 12.1. The number of nitrogens with one attached hydrogen (secondary N) is 1. The van der Waals surface area contributed by atoms with E-state index in [2.05, 4.69) is 5.32 Å². The van der Waals surface area contributed by atoms with E-state index in [0.717, 1.165) is 24.0 Å². The first-order valence-electron chi connectivity index (χ1n) is 7.24. The summed E-state index contributed by atoms with van der Waals surface area (Å²) in [6.07, 6.45) is 2.01. The summed E-state index contributed by atoms with van der Waals surface area (Å²) in [5.41, 5.74) is 1.82. The number of aryl methyl sites for hydroxylation is 1. The predicted octanol–water partition coefficient (Wildman–Crippen LogP) is 2.20. The Hall–Kier alpha value is -1.88. The molecule has 0 aromatic heterocycles. The van der Waals surface area contributed by atoms with E-state index >= 15 is 0 Å². The number of rotatable bonds is 6. The average Bonchev–Trinajstić information content (AvgIpc) is 2.90. The summed E-state index contributed by atoms with van der Waals surface area (Å²) in [6, 6.07) is 7.01. The highest BCUT2D eigenvalue weighted by molar-refractivity contribution is 5.78. The van der Waals surface area contributed by atoms with Gasteiger partial charge in [0.1, 0.15) is 0 Å². The van der Waals surface area contributed by atoms with Gasteiger partial charge in [0.25, 0.3) is 0 Å². The van der Waals surface area contributed by atoms with E-state index in [1.807, 2.05) is 31.2 Å². The van der Waals surface area contributed by atoms with Crippen molar-refractivity contribution in [3.8, 4) is 0 Å². The first-order chi connectivity index (χ1) is 10.1. The lowest BCUT2D eigenvalue weighted by Gasteiger charge is -2.20. The lowest BCUT2D eigenvalue weighted by atomic mass is 9.98. The van der Waals surface area contributed by atoms with E-state index in [9.17, 15) is 9.59 Å². The van der Waals surface area contributed by atoms with Gasteiger partial charge < -0.3 is 15.2 Å². The zero-order valence-corrected chi connectivity index (χ0v) is 12.2. The lowest BCUT2D eigenvalue weighted by molar-refractivity contribution is -0.137. The van der Waals surface area contributed by atoms with Crippen LogP contribution in [0.25, 0.3) is 0 Å². The van der Waals surface area contributed by atoms with Gasteiger partial charge in [0, 0.05) is 6.61 Å². The Bertz CT molecular complexity index is 509. The van der Waals surface area contributed by atoms with Crippen molar-refractivity contribution in [3.63, 3.8) is 0 Å². The molecule has 2 N–H and O–H groups in total. The van der Waals surface area contributed by atoms with Gasteiger partial charge in [0.2, 0.25) is 5.91 Å². The molecular formula is C16H21NO4. The summed E-state index contributed by atoms with van der Waals surface area (Å²) in [4.78, 5) is 23.1. The van der Waals surface area contributed by atoms with Crippen molar-refractivity contribution in [1.82, 2.24) is 5.32 Å². The largest absolute Gasteiger partial charge is 0.481 e. The van der Waals surface area contributed by atoms with Gasteiger partial charge in [-0.15, -0.1) is 0 Å². The van der Waals surface area contributed by atoms with Crippen LogP contribution in [-0.2, 0) is 14.3 Å². The number of hydrogen-bond donors (Lipinski definition) is 2. The molecule has 2 atom stereocenters. The Labute approximate surface area is 124 Å². The molecular weight excluding hydrogens is 270 g/mol. The number of ether oxygens (including phenoxy) is 1. The molecule has 0 spiro atoms. The van der Waals surface area contributed by atoms with Gasteiger partial charge >= 0.3 is 5.97 Å². The normalized spacial score (nSPS) is 19.2. The second-order valence-electron chi connectivity index (χ2n) is 5.41. The minimum absolute atomic E-state index is 0.0349. The monoisotopic (exact) mass is 291 g/mol. The van der Waals surface area contributed by atoms with Crippen LogP contribution in [0.1, 0.15) is 42.9 Å². The summed E-state index contributed by atoms with van der Waals surface area (Å²) < 4.78 is 5.44. The highest BCUT2D eigenvalue weighted by Gasteiger charge is 2.23. The van der Waals surface area contributed by atoms with E-state index in [1.165, 1.54) is 0 Å². The predicted molar refractivity (Wildman–Crippen MR) is 77.9 cm³/mol. The molecule has 1 saturated heterocycles. The molecule has 5 nitrogen and oxygen atoms in total. The zero-order chi connectivity index (χ0) is 15.2. The van der Waals surface area contributed by atoms with Crippen LogP contribution in [0.2, 0.25) is 0 Å². The maximum atomic E-state index is 12.1. The molecule has 1 amide bonds. The maximum Gasteiger partial charge on any atom is 0.305 e. The van der Waals surface area contributed by atoms with Crippen molar-refractivity contribution in [1.29, 1.82) is 0 Å². The van der Waals surface area contributed by atoms with Crippen LogP contribution >= 0.6 is 0 Å². The lowest BCUT2D eigenvalue weighted by Crippen LogP contribution is -2.32. The summed E-state index contributed by atoms with van der Waals surface area (Å²) in [5.74, 6) is -1.09. The third-order valence-electron chi connectivity index (χ3n) is 3.71. The van der Waals surface area contributed by atoms with Crippen LogP contribution in [0.15, 0.2) is 24.3 Å². The van der Waals surface area contributed by atoms with Crippen molar-refractivity contribution < 1.29 is 19.4 Å². The second-order valence-corrected chi connectivity index (χ2v) is 5.41. The minimum Gasteiger partial charge on any atom is -0.481 e. The topological polar surface area (TPSA) is 75.6 Å². The Morgan fingerprint density at radius 1 is 1.43 bits per heavy atom. The minimum atomic E-state index is -0.930. The van der Waals surface area contributed by atoms with Gasteiger partial charge in [-0.3, -0.25) is 9.59 Å². The Morgan fingerprint density at radius 2 is 2.19 bits per heavy atom. The van der Waals surface area contributed by atoms with Crippen LogP contribution in [0.4, 0.5) is 0 Å². The molecule has 1 aromatic carbocycles. The van der Waals surface area contributed by atoms with E-state index in [1.54, 1.807) is 0 Å². The third kappa shape index (κ3) is 4.56. The summed E-state index contributed by atoms with van der Waals surface area (Å²) in [6.45, 7) is 2.62. The third-order valence-corrected chi connectivity index (χ3v) is 3.71. The van der Waals surface area contributed by atoms with Crippen LogP contribution in [-0.4, -0.2) is 29.7 Å². The summed E-state index contributed by atoms with van der Waals surface area (Å²) in [7, 11) is 0. The average molecular weight is 291 g/mol. The van der Waals surface area contributed by atoms with Crippen molar-refractivity contribution in [3.05, 3.63) is 35.4 Å². The summed E-state index contributed by atoms with van der Waals surface area (Å²) in [5, 5.41) is 11.9. The molecule has 114 valence electrons. The molecule has 0 radical (unpaired) electrons. The molecule has 5 heteroatoms. The molecule has 2 unspecified atom stereocenters. The number of carbonyl (C=O) groups is 2. The SMILES string of the molecule is Cc1ccccc1C(CC(=O)O)NC(=O)CC1CCCO1. The Balaban J connectivity index is 2.04. The highest BCUT2D eigenvalue weighted by atomic mass is 16.5. The molecule has 1 aromatic rings. The molecule has 0 saturated carbocycles. The van der Waals surface area contributed by atoms with Crippen LogP contribution in [0.3, 0.4) is 0 Å². The number of carboxylic acids is 1. The van der Waals surface area contributed by atoms with Crippen molar-refractivity contribution in [2.75, 3.05) is 6.61 Å². The Kier molecular flexibility index (Phi) is 5.33. The fourth-order valence-corrected chi connectivity index (χ4v) is 2.66. The fraction of sp³-hybridized carbons (Fsp3) is 0.500. The molecule has 1 aliphatic heterocycles. The van der Waals surface area contributed by atoms with Gasteiger partial charge in [0.05, 0.1) is 25.0 Å². The number of aliphatic carboxylic acids is 1. The molecule has 0 bridgehead atoms. The van der Waals surface area contributed by atoms with E-state index < -0.39 is 12.0 Å². The van der Waals surface area contributed by atoms with Gasteiger partial charge in [-0.1, -0.05) is 24.3 Å². The van der Waals surface area contributed by atoms with E-state index in [0.29, 0.717) is 13.0 Å². The van der Waals surface area contributed by atoms with Crippen molar-refractivity contribution in [2.45, 2.75) is 44.8 Å². The molecule has 0 aliphatic carbocycles. The van der Waals surface area contributed by atoms with Crippen LogP contribution < -0.4 is 5.32 Å². The number of carboxylic acid groups (broad SMARTS) is 1. The van der Waals surface area contributed by atoms with E-state index in [4.69, 9.17) is 9.84 Å². The smallest absolute Gasteiger partial charge is 0.305 e. The number of amides is 1. The van der Waals surface area contributed by atoms with Crippen molar-refractivity contribution in [2.24, 2.45) is 0 Å². The van der Waals surface area contributed by atoms with Crippen LogP contribution in [0.5, 0.6) is 0 Å². The van der Waals surface area contributed by atoms with Gasteiger partial charge in [-0.2, -0.15) is 0 Å². The second kappa shape index (κ2) is 7.22. The molecule has 1 fully saturated rings. The highest BCUT2D eigenvalue weighted by Crippen LogP contribution is 2.22. The number of carbonyl (C=O) groups excluding carboxylic acids is 1. The Morgan fingerprint density at radius 3 is 2.81 bits per heavy atom. The quantitative estimate of drug-likeness (QED) is 0.842. The van der Waals surface area contributed by atoms with E-state index in [-0.39, 0.29) is 18.4 Å². The zero-order valence-electron chi connectivity index (χ0n) is 12.2. The van der Waals surface area contributed by atoms with Crippen molar-refractivity contribution >= 4 is 11.9 Å². The molecule has 1 aliphatic rings. The molecule has 2 rings (SSSR count). The number of benzene rings is 1.